The van der Waals surface area contributed by atoms with Gasteiger partial charge in [0.05, 0.1) is 11.6 Å². The van der Waals surface area contributed by atoms with Crippen LogP contribution >= 0.6 is 9.24 Å². The van der Waals surface area contributed by atoms with E-state index in [-0.39, 0.29) is 0 Å². The summed E-state index contributed by atoms with van der Waals surface area (Å²) in [6, 6.07) is 15.0. The van der Waals surface area contributed by atoms with Crippen molar-refractivity contribution in [2.45, 2.75) is 26.2 Å². The molecule has 0 N–H and O–H groups in total. The summed E-state index contributed by atoms with van der Waals surface area (Å²) in [7, 11) is 2.65. The molecular weight excluding hydrogens is 261 g/mol. The third-order valence-corrected chi connectivity index (χ3v) is 4.66. The fraction of sp³-hybridized carbons (Fsp3) is 0.278. The summed E-state index contributed by atoms with van der Waals surface area (Å²) in [6.07, 6.45) is 3.69. The molecule has 0 aromatic heterocycles. The van der Waals surface area contributed by atoms with Crippen LogP contribution in [0, 0.1) is 17.2 Å². The lowest BCUT2D eigenvalue weighted by atomic mass is 9.83. The molecular formula is C18H18NP. The molecule has 0 spiro atoms. The normalized spacial score (nSPS) is 17.4. The summed E-state index contributed by atoms with van der Waals surface area (Å²) in [5, 5.41) is 9.97. The molecule has 100 valence electrons. The first-order valence-electron chi connectivity index (χ1n) is 7.09. The number of benzene rings is 2. The average Bonchev–Trinajstić information content (AvgIpc) is 2.46. The summed E-state index contributed by atoms with van der Waals surface area (Å²) < 4.78 is 0. The van der Waals surface area contributed by atoms with Crippen LogP contribution in [0.2, 0.25) is 0 Å². The zero-order valence-corrected chi connectivity index (χ0v) is 12.8. The second-order valence-electron chi connectivity index (χ2n) is 5.75. The van der Waals surface area contributed by atoms with Gasteiger partial charge in [-0.3, -0.25) is 0 Å². The first-order chi connectivity index (χ1) is 9.67. The number of fused-ring (bicyclic) bond motifs is 1. The standard InChI is InChI=1S/C18H18NP/c1-12-2-3-14-9-15(5-4-13(14)8-12)16-6-7-17(11-19)18(20)10-16/h4-7,9-10,12H,2-3,8,20H2,1H3. The minimum atomic E-state index is 0.727. The van der Waals surface area contributed by atoms with Crippen molar-refractivity contribution in [1.29, 1.82) is 5.26 Å². The maximum Gasteiger partial charge on any atom is 0.0998 e. The Morgan fingerprint density at radius 3 is 2.60 bits per heavy atom. The van der Waals surface area contributed by atoms with Crippen molar-refractivity contribution in [2.75, 3.05) is 0 Å². The zero-order valence-electron chi connectivity index (χ0n) is 11.7. The van der Waals surface area contributed by atoms with Crippen LogP contribution < -0.4 is 5.30 Å². The Balaban J connectivity index is 1.99. The monoisotopic (exact) mass is 279 g/mol. The molecule has 1 aliphatic carbocycles. The topological polar surface area (TPSA) is 23.8 Å². The van der Waals surface area contributed by atoms with Crippen LogP contribution in [0.1, 0.15) is 30.0 Å². The van der Waals surface area contributed by atoms with Crippen molar-refractivity contribution in [3.8, 4) is 17.2 Å². The van der Waals surface area contributed by atoms with Crippen LogP contribution in [0.4, 0.5) is 0 Å². The summed E-state index contributed by atoms with van der Waals surface area (Å²) >= 11 is 0. The van der Waals surface area contributed by atoms with Gasteiger partial charge >= 0.3 is 0 Å². The molecule has 0 aliphatic heterocycles. The second kappa shape index (κ2) is 5.39. The third-order valence-electron chi connectivity index (χ3n) is 4.19. The fourth-order valence-electron chi connectivity index (χ4n) is 2.96. The van der Waals surface area contributed by atoms with E-state index in [1.165, 1.54) is 41.5 Å². The summed E-state index contributed by atoms with van der Waals surface area (Å²) in [6.45, 7) is 2.33. The lowest BCUT2D eigenvalue weighted by Crippen LogP contribution is -2.11. The average molecular weight is 279 g/mol. The van der Waals surface area contributed by atoms with E-state index in [1.807, 2.05) is 12.1 Å². The number of rotatable bonds is 1. The summed E-state index contributed by atoms with van der Waals surface area (Å²) in [5.74, 6) is 0.807. The Kier molecular flexibility index (Phi) is 3.60. The Morgan fingerprint density at radius 1 is 1.10 bits per heavy atom. The predicted molar refractivity (Wildman–Crippen MR) is 87.1 cm³/mol. The second-order valence-corrected chi connectivity index (χ2v) is 6.37. The molecule has 0 saturated carbocycles. The molecule has 0 amide bonds. The Labute approximate surface area is 122 Å². The Morgan fingerprint density at radius 2 is 1.85 bits per heavy atom. The summed E-state index contributed by atoms with van der Waals surface area (Å²) in [5.41, 5.74) is 6.18. The zero-order chi connectivity index (χ0) is 14.1. The van der Waals surface area contributed by atoms with Crippen molar-refractivity contribution >= 4 is 14.5 Å². The number of hydrogen-bond donors (Lipinski definition) is 0. The smallest absolute Gasteiger partial charge is 0.0998 e. The van der Waals surface area contributed by atoms with E-state index >= 15 is 0 Å². The van der Waals surface area contributed by atoms with Crippen molar-refractivity contribution < 1.29 is 0 Å². The van der Waals surface area contributed by atoms with Gasteiger partial charge in [-0.15, -0.1) is 9.24 Å². The SMILES string of the molecule is CC1CCc2cc(-c3ccc(C#N)c(P)c3)ccc2C1. The van der Waals surface area contributed by atoms with Gasteiger partial charge in [-0.25, -0.2) is 0 Å². The minimum absolute atomic E-state index is 0.727. The first kappa shape index (κ1) is 13.3. The van der Waals surface area contributed by atoms with Gasteiger partial charge in [0.2, 0.25) is 0 Å². The van der Waals surface area contributed by atoms with E-state index in [2.05, 4.69) is 46.5 Å². The maximum absolute atomic E-state index is 9.00. The number of nitrogens with zero attached hydrogens (tertiary/aromatic N) is 1. The van der Waals surface area contributed by atoms with E-state index in [0.29, 0.717) is 0 Å². The van der Waals surface area contributed by atoms with Crippen LogP contribution in [-0.4, -0.2) is 0 Å². The highest BCUT2D eigenvalue weighted by Gasteiger charge is 2.15. The highest BCUT2D eigenvalue weighted by Crippen LogP contribution is 2.29. The predicted octanol–water partition coefficient (Wildman–Crippen LogP) is 3.85. The van der Waals surface area contributed by atoms with Gasteiger partial charge in [0.15, 0.2) is 0 Å². The largest absolute Gasteiger partial charge is 0.192 e. The van der Waals surface area contributed by atoms with Crippen LogP contribution in [0.3, 0.4) is 0 Å². The molecule has 2 unspecified atom stereocenters. The van der Waals surface area contributed by atoms with Gasteiger partial charge in [0.1, 0.15) is 0 Å². The van der Waals surface area contributed by atoms with Crippen molar-refractivity contribution in [2.24, 2.45) is 5.92 Å². The Bertz CT molecular complexity index is 697. The quantitative estimate of drug-likeness (QED) is 0.727. The molecule has 2 atom stereocenters. The number of hydrogen-bond acceptors (Lipinski definition) is 1. The lowest BCUT2D eigenvalue weighted by molar-refractivity contribution is 0.501. The molecule has 20 heavy (non-hydrogen) atoms. The molecule has 0 fully saturated rings. The van der Waals surface area contributed by atoms with Gasteiger partial charge in [-0.1, -0.05) is 31.2 Å². The van der Waals surface area contributed by atoms with E-state index in [0.717, 1.165) is 16.8 Å². The highest BCUT2D eigenvalue weighted by atomic mass is 31.0. The van der Waals surface area contributed by atoms with E-state index < -0.39 is 0 Å². The third kappa shape index (κ3) is 2.49. The van der Waals surface area contributed by atoms with E-state index in [4.69, 9.17) is 5.26 Å². The first-order valence-corrected chi connectivity index (χ1v) is 7.67. The highest BCUT2D eigenvalue weighted by molar-refractivity contribution is 7.27. The molecule has 1 nitrogen and oxygen atoms in total. The maximum atomic E-state index is 9.00. The molecule has 2 aromatic carbocycles. The van der Waals surface area contributed by atoms with Gasteiger partial charge in [0, 0.05) is 0 Å². The number of nitriles is 1. The molecule has 1 aliphatic rings. The molecule has 3 rings (SSSR count). The van der Waals surface area contributed by atoms with Crippen LogP contribution in [0.25, 0.3) is 11.1 Å². The summed E-state index contributed by atoms with van der Waals surface area (Å²) in [4.78, 5) is 0. The molecule has 2 heteroatoms. The van der Waals surface area contributed by atoms with Crippen molar-refractivity contribution in [1.82, 2.24) is 0 Å². The minimum Gasteiger partial charge on any atom is -0.192 e. The number of aryl methyl sites for hydroxylation is 1. The molecule has 0 bridgehead atoms. The van der Waals surface area contributed by atoms with Gasteiger partial charge in [-0.2, -0.15) is 5.26 Å². The Hall–Kier alpha value is -1.64. The van der Waals surface area contributed by atoms with Crippen molar-refractivity contribution in [3.63, 3.8) is 0 Å². The van der Waals surface area contributed by atoms with E-state index in [9.17, 15) is 0 Å². The van der Waals surface area contributed by atoms with E-state index in [1.54, 1.807) is 0 Å². The molecule has 2 aromatic rings. The van der Waals surface area contributed by atoms with Gasteiger partial charge < -0.3 is 0 Å². The van der Waals surface area contributed by atoms with Crippen molar-refractivity contribution in [3.05, 3.63) is 53.1 Å². The van der Waals surface area contributed by atoms with Gasteiger partial charge in [0.25, 0.3) is 0 Å². The fourth-order valence-corrected chi connectivity index (χ4v) is 3.30. The molecule has 0 heterocycles. The molecule has 0 radical (unpaired) electrons. The van der Waals surface area contributed by atoms with Gasteiger partial charge in [-0.05, 0) is 64.9 Å². The van der Waals surface area contributed by atoms with Crippen LogP contribution in [0.5, 0.6) is 0 Å². The van der Waals surface area contributed by atoms with Crippen LogP contribution in [-0.2, 0) is 12.8 Å². The lowest BCUT2D eigenvalue weighted by Gasteiger charge is -2.22. The van der Waals surface area contributed by atoms with Crippen LogP contribution in [0.15, 0.2) is 36.4 Å². The molecule has 0 saturated heterocycles.